The highest BCUT2D eigenvalue weighted by atomic mass is 32.2. The van der Waals surface area contributed by atoms with E-state index in [1.165, 1.54) is 15.4 Å². The Kier molecular flexibility index (Phi) is 5.82. The molecule has 2 rings (SSSR count). The monoisotopic (exact) mass is 301 g/mol. The van der Waals surface area contributed by atoms with Gasteiger partial charge in [-0.15, -0.1) is 11.8 Å². The summed E-state index contributed by atoms with van der Waals surface area (Å²) in [4.78, 5) is 5.83. The average molecular weight is 301 g/mol. The molecule has 0 aromatic heterocycles. The smallest absolute Gasteiger partial charge is 0.0990 e. The van der Waals surface area contributed by atoms with Crippen molar-refractivity contribution in [3.05, 3.63) is 60.7 Å². The number of nitrogens with zero attached hydrogens (tertiary/aromatic N) is 1. The zero-order chi connectivity index (χ0) is 14.4. The maximum absolute atomic E-state index is 4.59. The Morgan fingerprint density at radius 3 is 1.70 bits per heavy atom. The fraction of sp³-hybridized carbons (Fsp3) is 0.235. The van der Waals surface area contributed by atoms with Gasteiger partial charge in [0.2, 0.25) is 0 Å². The van der Waals surface area contributed by atoms with Gasteiger partial charge in [0, 0.05) is 20.2 Å². The van der Waals surface area contributed by atoms with Crippen molar-refractivity contribution in [3.63, 3.8) is 0 Å². The first kappa shape index (κ1) is 15.3. The van der Waals surface area contributed by atoms with Crippen molar-refractivity contribution < 1.29 is 0 Å². The number of hydrogen-bond acceptors (Lipinski definition) is 2. The summed E-state index contributed by atoms with van der Waals surface area (Å²) >= 11 is 1.88. The zero-order valence-corrected chi connectivity index (χ0v) is 13.9. The Balaban J connectivity index is 2.45. The summed E-state index contributed by atoms with van der Waals surface area (Å²) in [5, 5.41) is 3.27. The number of rotatable bonds is 4. The first-order chi connectivity index (χ1) is 9.72. The van der Waals surface area contributed by atoms with Crippen LogP contribution in [0.25, 0.3) is 0 Å². The number of thioether (sulfide) groups is 1. The van der Waals surface area contributed by atoms with Gasteiger partial charge in [-0.25, -0.2) is 0 Å². The molecule has 20 heavy (non-hydrogen) atoms. The van der Waals surface area contributed by atoms with Crippen LogP contribution in [0, 0.1) is 0 Å². The van der Waals surface area contributed by atoms with Crippen molar-refractivity contribution in [1.29, 1.82) is 0 Å². The normalized spacial score (nSPS) is 12.2. The van der Waals surface area contributed by atoms with Gasteiger partial charge in [0.05, 0.1) is 4.78 Å². The SMILES string of the molecule is C/N=C(\SC(C)C)P(c1ccccc1)c1ccccc1. The third kappa shape index (κ3) is 3.94. The quantitative estimate of drug-likeness (QED) is 0.467. The number of hydrogen-bond donors (Lipinski definition) is 0. The van der Waals surface area contributed by atoms with Crippen LogP contribution in [0.5, 0.6) is 0 Å². The van der Waals surface area contributed by atoms with Gasteiger partial charge < -0.3 is 0 Å². The molecule has 0 saturated carbocycles. The molecule has 0 unspecified atom stereocenters. The predicted molar refractivity (Wildman–Crippen MR) is 95.2 cm³/mol. The minimum absolute atomic E-state index is 0.534. The molecule has 0 N–H and O–H groups in total. The summed E-state index contributed by atoms with van der Waals surface area (Å²) in [6.45, 7) is 4.44. The van der Waals surface area contributed by atoms with Gasteiger partial charge in [-0.2, -0.15) is 0 Å². The second-order valence-corrected chi connectivity index (χ2v) is 8.67. The molecule has 3 heteroatoms. The Morgan fingerprint density at radius 2 is 1.35 bits per heavy atom. The van der Waals surface area contributed by atoms with Gasteiger partial charge in [0.1, 0.15) is 0 Å². The average Bonchev–Trinajstić information content (AvgIpc) is 2.48. The topological polar surface area (TPSA) is 12.4 Å². The van der Waals surface area contributed by atoms with E-state index < -0.39 is 7.92 Å². The van der Waals surface area contributed by atoms with E-state index >= 15 is 0 Å². The van der Waals surface area contributed by atoms with E-state index in [0.717, 1.165) is 0 Å². The second-order valence-electron chi connectivity index (χ2n) is 4.68. The summed E-state index contributed by atoms with van der Waals surface area (Å²) in [5.74, 6) is 0. The maximum atomic E-state index is 4.59. The molecule has 1 nitrogen and oxygen atoms in total. The van der Waals surface area contributed by atoms with Crippen molar-refractivity contribution in [1.82, 2.24) is 0 Å². The second kappa shape index (κ2) is 7.61. The molecule has 2 aromatic rings. The van der Waals surface area contributed by atoms with Crippen LogP contribution in [-0.4, -0.2) is 17.1 Å². The van der Waals surface area contributed by atoms with Crippen LogP contribution in [-0.2, 0) is 0 Å². The van der Waals surface area contributed by atoms with E-state index in [9.17, 15) is 0 Å². The van der Waals surface area contributed by atoms with E-state index in [1.54, 1.807) is 0 Å². The van der Waals surface area contributed by atoms with Crippen LogP contribution < -0.4 is 10.6 Å². The first-order valence-corrected chi connectivity index (χ1v) is 8.98. The summed E-state index contributed by atoms with van der Waals surface area (Å²) in [5.41, 5.74) is 0. The largest absolute Gasteiger partial charge is 0.281 e. The summed E-state index contributed by atoms with van der Waals surface area (Å²) in [6.07, 6.45) is 0. The lowest BCUT2D eigenvalue weighted by molar-refractivity contribution is 1.12. The molecule has 0 aliphatic heterocycles. The highest BCUT2D eigenvalue weighted by Crippen LogP contribution is 2.41. The van der Waals surface area contributed by atoms with Crippen molar-refractivity contribution in [2.45, 2.75) is 19.1 Å². The van der Waals surface area contributed by atoms with Crippen LogP contribution >= 0.6 is 19.7 Å². The van der Waals surface area contributed by atoms with Crippen LogP contribution in [0.15, 0.2) is 65.7 Å². The maximum Gasteiger partial charge on any atom is 0.0990 e. The molecule has 0 radical (unpaired) electrons. The van der Waals surface area contributed by atoms with E-state index in [1.807, 2.05) is 18.8 Å². The van der Waals surface area contributed by atoms with Crippen molar-refractivity contribution >= 4 is 35.1 Å². The van der Waals surface area contributed by atoms with Gasteiger partial charge in [-0.3, -0.25) is 4.99 Å². The van der Waals surface area contributed by atoms with Crippen molar-refractivity contribution in [3.8, 4) is 0 Å². The van der Waals surface area contributed by atoms with Gasteiger partial charge in [-0.05, 0) is 10.6 Å². The molecular formula is C17H20NPS. The number of aliphatic imine (C=N–C) groups is 1. The van der Waals surface area contributed by atoms with Crippen LogP contribution in [0.1, 0.15) is 13.8 Å². The molecule has 0 amide bonds. The van der Waals surface area contributed by atoms with Crippen LogP contribution in [0.4, 0.5) is 0 Å². The van der Waals surface area contributed by atoms with E-state index in [0.29, 0.717) is 5.25 Å². The van der Waals surface area contributed by atoms with Crippen LogP contribution in [0.3, 0.4) is 0 Å². The Bertz CT molecular complexity index is 512. The third-order valence-corrected chi connectivity index (χ3v) is 6.69. The lowest BCUT2D eigenvalue weighted by Crippen LogP contribution is -2.17. The summed E-state index contributed by atoms with van der Waals surface area (Å²) < 4.78 is 0. The summed E-state index contributed by atoms with van der Waals surface area (Å²) in [6, 6.07) is 21.4. The Morgan fingerprint density at radius 1 is 0.900 bits per heavy atom. The van der Waals surface area contributed by atoms with Gasteiger partial charge in [0.25, 0.3) is 0 Å². The molecule has 0 aliphatic carbocycles. The number of benzene rings is 2. The van der Waals surface area contributed by atoms with Gasteiger partial charge >= 0.3 is 0 Å². The minimum atomic E-state index is -0.534. The summed E-state index contributed by atoms with van der Waals surface area (Å²) in [7, 11) is 1.37. The van der Waals surface area contributed by atoms with Crippen LogP contribution in [0.2, 0.25) is 0 Å². The molecular weight excluding hydrogens is 281 g/mol. The van der Waals surface area contributed by atoms with Gasteiger partial charge in [-0.1, -0.05) is 74.5 Å². The lowest BCUT2D eigenvalue weighted by Gasteiger charge is -2.21. The fourth-order valence-corrected chi connectivity index (χ4v) is 6.03. The van der Waals surface area contributed by atoms with Crippen molar-refractivity contribution in [2.75, 3.05) is 7.05 Å². The molecule has 104 valence electrons. The van der Waals surface area contributed by atoms with E-state index in [-0.39, 0.29) is 0 Å². The molecule has 0 bridgehead atoms. The molecule has 0 heterocycles. The predicted octanol–water partition coefficient (Wildman–Crippen LogP) is 4.25. The molecule has 0 atom stereocenters. The van der Waals surface area contributed by atoms with E-state index in [2.05, 4.69) is 79.5 Å². The molecule has 0 fully saturated rings. The Labute approximate surface area is 127 Å². The molecule has 2 aromatic carbocycles. The van der Waals surface area contributed by atoms with E-state index in [4.69, 9.17) is 0 Å². The first-order valence-electron chi connectivity index (χ1n) is 6.76. The third-order valence-electron chi connectivity index (χ3n) is 2.75. The highest BCUT2D eigenvalue weighted by Gasteiger charge is 2.21. The van der Waals surface area contributed by atoms with Gasteiger partial charge in [0.15, 0.2) is 0 Å². The molecule has 0 aliphatic rings. The molecule has 0 saturated heterocycles. The fourth-order valence-electron chi connectivity index (χ4n) is 1.94. The Hall–Kier alpha value is -1.11. The zero-order valence-electron chi connectivity index (χ0n) is 12.2. The standard InChI is InChI=1S/C17H20NPS/c1-14(2)20-17(18-3)19(15-10-6-4-7-11-15)16-12-8-5-9-13-16/h4-14H,1-3H3/b18-17-. The highest BCUT2D eigenvalue weighted by molar-refractivity contribution is 8.28. The minimum Gasteiger partial charge on any atom is -0.281 e. The molecule has 0 spiro atoms. The lowest BCUT2D eigenvalue weighted by atomic mass is 10.4. The van der Waals surface area contributed by atoms with Crippen molar-refractivity contribution in [2.24, 2.45) is 4.99 Å².